The van der Waals surface area contributed by atoms with Gasteiger partial charge in [0.25, 0.3) is 5.91 Å². The predicted octanol–water partition coefficient (Wildman–Crippen LogP) is 2.65. The lowest BCUT2D eigenvalue weighted by molar-refractivity contribution is -0.00701. The van der Waals surface area contributed by atoms with E-state index in [-0.39, 0.29) is 18.1 Å². The Morgan fingerprint density at radius 2 is 2.03 bits per heavy atom. The lowest BCUT2D eigenvalue weighted by Crippen LogP contribution is -2.36. The molecular weight excluding hydrogens is 366 g/mol. The van der Waals surface area contributed by atoms with Gasteiger partial charge in [-0.05, 0) is 38.0 Å². The number of aromatic nitrogens is 2. The van der Waals surface area contributed by atoms with Gasteiger partial charge in [-0.15, -0.1) is 0 Å². The zero-order valence-electron chi connectivity index (χ0n) is 17.0. The Kier molecular flexibility index (Phi) is 5.65. The highest BCUT2D eigenvalue weighted by Crippen LogP contribution is 2.30. The molecule has 152 valence electrons. The molecule has 1 N–H and O–H groups in total. The molecule has 1 amide bonds. The third-order valence-electron chi connectivity index (χ3n) is 5.80. The minimum Gasteiger partial charge on any atom is -0.369 e. The Hall–Kier alpha value is -2.69. The second kappa shape index (κ2) is 8.36. The van der Waals surface area contributed by atoms with Crippen LogP contribution in [0.4, 0.5) is 0 Å². The van der Waals surface area contributed by atoms with Crippen molar-refractivity contribution < 1.29 is 9.53 Å². The summed E-state index contributed by atoms with van der Waals surface area (Å²) < 4.78 is 5.84. The number of hydrogen-bond acceptors (Lipinski definition) is 5. The molecule has 1 aromatic heterocycles. The maximum atomic E-state index is 13.2. The van der Waals surface area contributed by atoms with Crippen molar-refractivity contribution in [3.05, 3.63) is 52.3 Å². The standard InChI is InChI=1S/C22H27N5O2/c1-15-12-19-20(16(2)29-15)24-25-21(19)22(28)27-9-3-8-26(10-11-27)14-18-6-4-17(13-23)5-7-18/h4-7,15-16H,3,8-12,14H2,1-2H3,(H,24,25)/t15-,16+/m1/s1. The number of ether oxygens (including phenoxy) is 1. The third kappa shape index (κ3) is 4.19. The number of benzene rings is 1. The Balaban J connectivity index is 1.41. The van der Waals surface area contributed by atoms with Crippen LogP contribution in [0, 0.1) is 11.3 Å². The van der Waals surface area contributed by atoms with E-state index in [1.165, 1.54) is 5.56 Å². The molecule has 0 saturated carbocycles. The highest BCUT2D eigenvalue weighted by molar-refractivity contribution is 5.94. The van der Waals surface area contributed by atoms with Crippen LogP contribution in [-0.2, 0) is 17.7 Å². The van der Waals surface area contributed by atoms with E-state index in [0.29, 0.717) is 17.8 Å². The monoisotopic (exact) mass is 393 g/mol. The molecule has 0 spiro atoms. The number of fused-ring (bicyclic) bond motifs is 1. The molecule has 29 heavy (non-hydrogen) atoms. The number of carbonyl (C=O) groups excluding carboxylic acids is 1. The molecule has 0 radical (unpaired) electrons. The third-order valence-corrected chi connectivity index (χ3v) is 5.80. The fraction of sp³-hybridized carbons (Fsp3) is 0.500. The molecule has 1 fully saturated rings. The van der Waals surface area contributed by atoms with Crippen LogP contribution in [0.5, 0.6) is 0 Å². The second-order valence-corrected chi connectivity index (χ2v) is 7.99. The number of carbonyl (C=O) groups is 1. The Morgan fingerprint density at radius 3 is 2.79 bits per heavy atom. The van der Waals surface area contributed by atoms with Crippen LogP contribution in [0.25, 0.3) is 0 Å². The molecule has 0 unspecified atom stereocenters. The zero-order valence-corrected chi connectivity index (χ0v) is 17.0. The first-order valence-electron chi connectivity index (χ1n) is 10.3. The maximum absolute atomic E-state index is 13.2. The number of nitrogens with one attached hydrogen (secondary N) is 1. The van der Waals surface area contributed by atoms with Gasteiger partial charge in [0, 0.05) is 44.7 Å². The summed E-state index contributed by atoms with van der Waals surface area (Å²) in [5, 5.41) is 16.3. The minimum atomic E-state index is -0.0603. The number of rotatable bonds is 3. The van der Waals surface area contributed by atoms with Crippen LogP contribution in [0.1, 0.15) is 59.2 Å². The number of nitriles is 1. The average Bonchev–Trinajstić information content (AvgIpc) is 3.00. The van der Waals surface area contributed by atoms with E-state index in [1.807, 2.05) is 43.0 Å². The van der Waals surface area contributed by atoms with Gasteiger partial charge < -0.3 is 9.64 Å². The van der Waals surface area contributed by atoms with Crippen molar-refractivity contribution in [1.29, 1.82) is 5.26 Å². The van der Waals surface area contributed by atoms with Crippen molar-refractivity contribution in [1.82, 2.24) is 20.0 Å². The predicted molar refractivity (Wildman–Crippen MR) is 108 cm³/mol. The van der Waals surface area contributed by atoms with E-state index in [1.54, 1.807) is 0 Å². The molecule has 7 nitrogen and oxygen atoms in total. The molecule has 2 aliphatic rings. The van der Waals surface area contributed by atoms with Crippen molar-refractivity contribution >= 4 is 5.91 Å². The van der Waals surface area contributed by atoms with Gasteiger partial charge in [0.2, 0.25) is 0 Å². The second-order valence-electron chi connectivity index (χ2n) is 7.99. The first-order chi connectivity index (χ1) is 14.0. The molecular formula is C22H27N5O2. The topological polar surface area (TPSA) is 85.3 Å². The fourth-order valence-corrected chi connectivity index (χ4v) is 4.28. The van der Waals surface area contributed by atoms with Gasteiger partial charge in [0.15, 0.2) is 5.69 Å². The lowest BCUT2D eigenvalue weighted by Gasteiger charge is -2.26. The minimum absolute atomic E-state index is 0.0176. The molecule has 4 rings (SSSR count). The molecule has 1 aromatic carbocycles. The Labute approximate surface area is 171 Å². The quantitative estimate of drug-likeness (QED) is 0.867. The van der Waals surface area contributed by atoms with Gasteiger partial charge in [-0.2, -0.15) is 10.4 Å². The summed E-state index contributed by atoms with van der Waals surface area (Å²) in [5.74, 6) is 0.0176. The van der Waals surface area contributed by atoms with Crippen molar-refractivity contribution in [2.24, 2.45) is 0 Å². The molecule has 2 atom stereocenters. The van der Waals surface area contributed by atoms with Crippen molar-refractivity contribution in [3.8, 4) is 6.07 Å². The Bertz CT molecular complexity index is 914. The van der Waals surface area contributed by atoms with Crippen molar-refractivity contribution in [3.63, 3.8) is 0 Å². The van der Waals surface area contributed by atoms with Crippen LogP contribution in [0.2, 0.25) is 0 Å². The van der Waals surface area contributed by atoms with Gasteiger partial charge in [-0.25, -0.2) is 0 Å². The van der Waals surface area contributed by atoms with E-state index in [0.717, 1.165) is 50.3 Å². The number of hydrogen-bond donors (Lipinski definition) is 1. The molecule has 0 aliphatic carbocycles. The first-order valence-corrected chi connectivity index (χ1v) is 10.3. The van der Waals surface area contributed by atoms with Gasteiger partial charge in [-0.3, -0.25) is 14.8 Å². The summed E-state index contributed by atoms with van der Waals surface area (Å²) in [6.45, 7) is 8.07. The zero-order chi connectivity index (χ0) is 20.4. The molecule has 2 aliphatic heterocycles. The van der Waals surface area contributed by atoms with E-state index in [2.05, 4.69) is 21.2 Å². The average molecular weight is 393 g/mol. The largest absolute Gasteiger partial charge is 0.369 e. The van der Waals surface area contributed by atoms with Crippen LogP contribution < -0.4 is 0 Å². The summed E-state index contributed by atoms with van der Waals surface area (Å²) in [6.07, 6.45) is 1.68. The normalized spacial score (nSPS) is 22.6. The van der Waals surface area contributed by atoms with Gasteiger partial charge in [0.1, 0.15) is 0 Å². The van der Waals surface area contributed by atoms with Crippen molar-refractivity contribution in [2.45, 2.75) is 45.4 Å². The summed E-state index contributed by atoms with van der Waals surface area (Å²) in [5.41, 5.74) is 4.37. The maximum Gasteiger partial charge on any atom is 0.274 e. The molecule has 0 bridgehead atoms. The molecule has 7 heteroatoms. The van der Waals surface area contributed by atoms with Crippen LogP contribution >= 0.6 is 0 Å². The van der Waals surface area contributed by atoms with E-state index in [9.17, 15) is 4.79 Å². The highest BCUT2D eigenvalue weighted by atomic mass is 16.5. The molecule has 1 saturated heterocycles. The summed E-state index contributed by atoms with van der Waals surface area (Å²) in [4.78, 5) is 17.5. The lowest BCUT2D eigenvalue weighted by atomic mass is 9.99. The van der Waals surface area contributed by atoms with Crippen LogP contribution in [0.3, 0.4) is 0 Å². The molecule has 2 aromatic rings. The summed E-state index contributed by atoms with van der Waals surface area (Å²) in [6, 6.07) is 9.88. The van der Waals surface area contributed by atoms with Crippen molar-refractivity contribution in [2.75, 3.05) is 26.2 Å². The highest BCUT2D eigenvalue weighted by Gasteiger charge is 2.31. The van der Waals surface area contributed by atoms with E-state index < -0.39 is 0 Å². The summed E-state index contributed by atoms with van der Waals surface area (Å²) in [7, 11) is 0. The van der Waals surface area contributed by atoms with E-state index in [4.69, 9.17) is 10.00 Å². The van der Waals surface area contributed by atoms with Gasteiger partial charge in [0.05, 0.1) is 29.5 Å². The van der Waals surface area contributed by atoms with Gasteiger partial charge >= 0.3 is 0 Å². The summed E-state index contributed by atoms with van der Waals surface area (Å²) >= 11 is 0. The number of nitrogens with zero attached hydrogens (tertiary/aromatic N) is 4. The van der Waals surface area contributed by atoms with Gasteiger partial charge in [-0.1, -0.05) is 12.1 Å². The number of aromatic amines is 1. The van der Waals surface area contributed by atoms with Crippen LogP contribution in [0.15, 0.2) is 24.3 Å². The number of amides is 1. The van der Waals surface area contributed by atoms with Crippen LogP contribution in [-0.4, -0.2) is 58.2 Å². The molecule has 3 heterocycles. The van der Waals surface area contributed by atoms with E-state index >= 15 is 0 Å². The number of H-pyrrole nitrogens is 1. The smallest absolute Gasteiger partial charge is 0.274 e. The fourth-order valence-electron chi connectivity index (χ4n) is 4.28. The first kappa shape index (κ1) is 19.6. The Morgan fingerprint density at radius 1 is 1.24 bits per heavy atom. The SMILES string of the molecule is C[C@@H]1Cc2c(C(=O)N3CCCN(Cc4ccc(C#N)cc4)CC3)n[nH]c2[C@H](C)O1.